The maximum Gasteiger partial charge on any atom is 0.182 e. The number of pyridine rings is 1. The Bertz CT molecular complexity index is 3770. The minimum absolute atomic E-state index is 1.09. The van der Waals surface area contributed by atoms with Gasteiger partial charge < -0.3 is 0 Å². The SMILES string of the molecule is Cc1cc2c(c(C)[n+]1C)Cc1ccccc1-2.Cc1cc2c(c(C)c1C)-c1ccccc1C2.Cc1cc2c(c(C)c1C)-c1ccccc1C2.Cc1cc2c(c(C)c1C)Cc1ccccc1-2.Cc1cc2c(c(C)c1C)Cc1ccccc1-2. The number of rotatable bonds is 0. The third-order valence-corrected chi connectivity index (χ3v) is 19.6. The molecular formula is C79H80N+. The van der Waals surface area contributed by atoms with E-state index in [1.54, 1.807) is 0 Å². The van der Waals surface area contributed by atoms with Crippen molar-refractivity contribution in [1.29, 1.82) is 0 Å². The fraction of sp³-hybridized carbons (Fsp3) is 0.253. The molecule has 15 rings (SSSR count). The van der Waals surface area contributed by atoms with Crippen LogP contribution in [0.2, 0.25) is 0 Å². The standard InChI is InChI=1S/4C16H16.C15H16N/c2*1-10-8-14-9-13-6-4-5-7-15(13)16(14)12(3)11(10)2;2*1-10-8-16-14-7-5-4-6-13(14)9-15(16)12(3)11(10)2;1-10-8-15-13-7-5-4-6-12(13)9-14(15)11(2)16(10)3/h5*4-8H,9H2,1-3H3/q;;;;+1. The van der Waals surface area contributed by atoms with Crippen LogP contribution in [0.15, 0.2) is 152 Å². The molecule has 10 aromatic rings. The van der Waals surface area contributed by atoms with E-state index in [9.17, 15) is 0 Å². The summed E-state index contributed by atoms with van der Waals surface area (Å²) < 4.78 is 2.28. The molecule has 0 bridgehead atoms. The first-order chi connectivity index (χ1) is 38.4. The molecule has 0 unspecified atom stereocenters. The zero-order valence-corrected chi connectivity index (χ0v) is 50.4. The summed E-state index contributed by atoms with van der Waals surface area (Å²) in [6.45, 7) is 31.2. The van der Waals surface area contributed by atoms with Gasteiger partial charge in [-0.05, 0) is 281 Å². The van der Waals surface area contributed by atoms with E-state index in [0.717, 1.165) is 32.1 Å². The first kappa shape index (κ1) is 54.1. The van der Waals surface area contributed by atoms with Crippen LogP contribution < -0.4 is 4.57 Å². The van der Waals surface area contributed by atoms with Crippen molar-refractivity contribution >= 4 is 0 Å². The Balaban J connectivity index is 0.000000105. The normalized spacial score (nSPS) is 12.4. The van der Waals surface area contributed by atoms with Gasteiger partial charge in [-0.25, -0.2) is 4.57 Å². The quantitative estimate of drug-likeness (QED) is 0.133. The van der Waals surface area contributed by atoms with Crippen molar-refractivity contribution in [3.05, 3.63) is 285 Å². The summed E-state index contributed by atoms with van der Waals surface area (Å²) in [6.07, 6.45) is 5.52. The van der Waals surface area contributed by atoms with Gasteiger partial charge in [-0.3, -0.25) is 0 Å². The van der Waals surface area contributed by atoms with E-state index >= 15 is 0 Å². The van der Waals surface area contributed by atoms with Gasteiger partial charge >= 0.3 is 0 Å². The van der Waals surface area contributed by atoms with Crippen molar-refractivity contribution in [2.45, 2.75) is 129 Å². The summed E-state index contributed by atoms with van der Waals surface area (Å²) in [5.74, 6) is 0. The molecule has 1 aromatic heterocycles. The van der Waals surface area contributed by atoms with Crippen molar-refractivity contribution in [1.82, 2.24) is 0 Å². The van der Waals surface area contributed by atoms with E-state index in [-0.39, 0.29) is 0 Å². The zero-order chi connectivity index (χ0) is 56.4. The molecule has 1 heteroatoms. The Morgan fingerprint density at radius 2 is 0.537 bits per heavy atom. The maximum absolute atomic E-state index is 2.36. The van der Waals surface area contributed by atoms with E-state index in [4.69, 9.17) is 0 Å². The van der Waals surface area contributed by atoms with Gasteiger partial charge in [0.1, 0.15) is 7.05 Å². The Morgan fingerprint density at radius 1 is 0.250 bits per heavy atom. The molecule has 0 aliphatic heterocycles. The molecule has 0 fully saturated rings. The molecule has 0 amide bonds. The number of nitrogens with zero attached hydrogens (tertiary/aromatic N) is 1. The minimum Gasteiger partial charge on any atom is -0.203 e. The van der Waals surface area contributed by atoms with Crippen molar-refractivity contribution in [2.24, 2.45) is 7.05 Å². The number of hydrogen-bond acceptors (Lipinski definition) is 0. The summed E-state index contributed by atoms with van der Waals surface area (Å²) in [6, 6.07) is 55.6. The van der Waals surface area contributed by atoms with Crippen molar-refractivity contribution in [3.8, 4) is 55.6 Å². The van der Waals surface area contributed by atoms with Crippen LogP contribution >= 0.6 is 0 Å². The molecule has 0 saturated carbocycles. The van der Waals surface area contributed by atoms with Gasteiger partial charge in [0.2, 0.25) is 0 Å². The summed E-state index contributed by atoms with van der Waals surface area (Å²) in [7, 11) is 2.15. The van der Waals surface area contributed by atoms with Crippen LogP contribution in [0.5, 0.6) is 0 Å². The second-order valence-corrected chi connectivity index (χ2v) is 23.9. The topological polar surface area (TPSA) is 3.88 Å². The second-order valence-electron chi connectivity index (χ2n) is 23.9. The average molecular weight is 1040 g/mol. The molecule has 400 valence electrons. The van der Waals surface area contributed by atoms with Crippen LogP contribution in [0.4, 0.5) is 0 Å². The van der Waals surface area contributed by atoms with E-state index in [2.05, 4.69) is 260 Å². The van der Waals surface area contributed by atoms with Gasteiger partial charge in [-0.2, -0.15) is 0 Å². The third kappa shape index (κ3) is 9.57. The molecule has 0 saturated heterocycles. The lowest BCUT2D eigenvalue weighted by Crippen LogP contribution is -2.36. The molecule has 80 heavy (non-hydrogen) atoms. The third-order valence-electron chi connectivity index (χ3n) is 19.6. The summed E-state index contributed by atoms with van der Waals surface area (Å²) in [5, 5.41) is 0. The number of hydrogen-bond donors (Lipinski definition) is 0. The van der Waals surface area contributed by atoms with Gasteiger partial charge in [0.15, 0.2) is 11.4 Å². The van der Waals surface area contributed by atoms with Gasteiger partial charge in [0, 0.05) is 31.9 Å². The maximum atomic E-state index is 2.36. The first-order valence-electron chi connectivity index (χ1n) is 29.2. The Labute approximate surface area is 479 Å². The fourth-order valence-corrected chi connectivity index (χ4v) is 13.7. The second kappa shape index (κ2) is 21.6. The van der Waals surface area contributed by atoms with E-state index in [1.165, 1.54) is 189 Å². The molecule has 1 nitrogen and oxygen atoms in total. The monoisotopic (exact) mass is 1040 g/mol. The predicted octanol–water partition coefficient (Wildman–Crippen LogP) is 19.4. The molecule has 0 spiro atoms. The van der Waals surface area contributed by atoms with Gasteiger partial charge in [0.05, 0.1) is 0 Å². The molecule has 9 aromatic carbocycles. The lowest BCUT2D eigenvalue weighted by atomic mass is 9.93. The lowest BCUT2D eigenvalue weighted by Gasteiger charge is -2.11. The Morgan fingerprint density at radius 3 is 0.912 bits per heavy atom. The van der Waals surface area contributed by atoms with Crippen LogP contribution in [0.1, 0.15) is 134 Å². The zero-order valence-electron chi connectivity index (χ0n) is 50.4. The van der Waals surface area contributed by atoms with E-state index in [0.29, 0.717) is 0 Å². The van der Waals surface area contributed by atoms with Crippen LogP contribution in [0.3, 0.4) is 0 Å². The van der Waals surface area contributed by atoms with Gasteiger partial charge in [-0.15, -0.1) is 0 Å². The molecule has 5 aliphatic rings. The highest BCUT2D eigenvalue weighted by Crippen LogP contribution is 2.44. The smallest absolute Gasteiger partial charge is 0.182 e. The number of fused-ring (bicyclic) bond motifs is 15. The number of benzene rings is 9. The molecular weight excluding hydrogens is 963 g/mol. The molecule has 0 N–H and O–H groups in total. The highest BCUT2D eigenvalue weighted by molar-refractivity contribution is 5.84. The fourth-order valence-electron chi connectivity index (χ4n) is 13.7. The van der Waals surface area contributed by atoms with Crippen molar-refractivity contribution in [2.75, 3.05) is 0 Å². The predicted molar refractivity (Wildman–Crippen MR) is 341 cm³/mol. The van der Waals surface area contributed by atoms with Crippen molar-refractivity contribution in [3.63, 3.8) is 0 Å². The number of aromatic nitrogens is 1. The largest absolute Gasteiger partial charge is 0.203 e. The molecule has 5 aliphatic carbocycles. The molecule has 0 atom stereocenters. The summed E-state index contributed by atoms with van der Waals surface area (Å²) in [4.78, 5) is 0. The van der Waals surface area contributed by atoms with Crippen molar-refractivity contribution < 1.29 is 4.57 Å². The highest BCUT2D eigenvalue weighted by atomic mass is 14.9. The van der Waals surface area contributed by atoms with E-state index < -0.39 is 0 Å². The van der Waals surface area contributed by atoms with E-state index in [1.807, 2.05) is 0 Å². The lowest BCUT2D eigenvalue weighted by molar-refractivity contribution is -0.684. The first-order valence-corrected chi connectivity index (χ1v) is 29.2. The number of aryl methyl sites for hydroxylation is 5. The Hall–Kier alpha value is -7.87. The molecule has 0 radical (unpaired) electrons. The van der Waals surface area contributed by atoms with Gasteiger partial charge in [0.25, 0.3) is 0 Å². The van der Waals surface area contributed by atoms with Gasteiger partial charge in [-0.1, -0.05) is 146 Å². The minimum atomic E-state index is 1.09. The Kier molecular flexibility index (Phi) is 14.6. The van der Waals surface area contributed by atoms with Crippen LogP contribution in [-0.4, -0.2) is 0 Å². The van der Waals surface area contributed by atoms with Crippen LogP contribution in [-0.2, 0) is 39.2 Å². The van der Waals surface area contributed by atoms with Crippen LogP contribution in [0.25, 0.3) is 55.6 Å². The van der Waals surface area contributed by atoms with Crippen LogP contribution in [0, 0.1) is 96.9 Å². The average Bonchev–Trinajstić information content (AvgIpc) is 4.41. The highest BCUT2D eigenvalue weighted by Gasteiger charge is 2.27. The summed E-state index contributed by atoms with van der Waals surface area (Å²) in [5.41, 5.74) is 49.5. The molecule has 1 heterocycles. The summed E-state index contributed by atoms with van der Waals surface area (Å²) >= 11 is 0.